The number of amides is 1. The largest absolute Gasteiger partial charge is 0.493 e. The molecule has 0 spiro atoms. The van der Waals surface area contributed by atoms with Crippen LogP contribution in [0.4, 0.5) is 5.69 Å². The summed E-state index contributed by atoms with van der Waals surface area (Å²) in [5.41, 5.74) is 1.80. The highest BCUT2D eigenvalue weighted by Gasteiger charge is 2.12. The second-order valence-electron chi connectivity index (χ2n) is 6.39. The molecular weight excluding hydrogens is 435 g/mol. The molecule has 5 nitrogen and oxygen atoms in total. The highest BCUT2D eigenvalue weighted by atomic mass is 35.5. The molecule has 0 heterocycles. The molecule has 3 rings (SSSR count). The molecule has 3 aromatic rings. The third kappa shape index (κ3) is 5.79. The molecule has 156 valence electrons. The second-order valence-corrected chi connectivity index (χ2v) is 7.20. The van der Waals surface area contributed by atoms with Gasteiger partial charge in [-0.05, 0) is 48.0 Å². The van der Waals surface area contributed by atoms with Gasteiger partial charge in [-0.15, -0.1) is 0 Å². The van der Waals surface area contributed by atoms with Crippen LogP contribution in [0.5, 0.6) is 11.5 Å². The van der Waals surface area contributed by atoms with E-state index in [1.165, 1.54) is 13.2 Å². The zero-order chi connectivity index (χ0) is 22.2. The van der Waals surface area contributed by atoms with Gasteiger partial charge in [-0.2, -0.15) is 5.26 Å². The average molecular weight is 453 g/mol. The fraction of sp³-hybridized carbons (Fsp3) is 0.0833. The quantitative estimate of drug-likeness (QED) is 0.345. The number of halogens is 2. The van der Waals surface area contributed by atoms with Gasteiger partial charge >= 0.3 is 0 Å². The summed E-state index contributed by atoms with van der Waals surface area (Å²) in [6.07, 6.45) is 1.48. The number of anilines is 1. The van der Waals surface area contributed by atoms with Gasteiger partial charge in [0.15, 0.2) is 11.5 Å². The number of carbonyl (C=O) groups is 1. The molecule has 1 N–H and O–H groups in total. The molecule has 0 radical (unpaired) electrons. The van der Waals surface area contributed by atoms with Crippen molar-refractivity contribution in [3.8, 4) is 17.6 Å². The normalized spacial score (nSPS) is 10.8. The maximum absolute atomic E-state index is 12.5. The molecule has 0 fully saturated rings. The van der Waals surface area contributed by atoms with Crippen LogP contribution in [-0.2, 0) is 11.4 Å². The van der Waals surface area contributed by atoms with Gasteiger partial charge in [0.1, 0.15) is 18.2 Å². The van der Waals surface area contributed by atoms with Gasteiger partial charge in [-0.25, -0.2) is 0 Å². The Morgan fingerprint density at radius 2 is 1.74 bits per heavy atom. The summed E-state index contributed by atoms with van der Waals surface area (Å²) >= 11 is 12.4. The zero-order valence-corrected chi connectivity index (χ0v) is 18.1. The Balaban J connectivity index is 1.83. The first-order chi connectivity index (χ1) is 15.0. The van der Waals surface area contributed by atoms with Crippen LogP contribution in [0.1, 0.15) is 11.1 Å². The van der Waals surface area contributed by atoms with Crippen molar-refractivity contribution in [2.24, 2.45) is 0 Å². The maximum atomic E-state index is 12.5. The van der Waals surface area contributed by atoms with Crippen molar-refractivity contribution in [2.45, 2.75) is 6.61 Å². The monoisotopic (exact) mass is 452 g/mol. The summed E-state index contributed by atoms with van der Waals surface area (Å²) in [5, 5.41) is 13.1. The van der Waals surface area contributed by atoms with Crippen LogP contribution in [0.2, 0.25) is 10.0 Å². The molecule has 1 amide bonds. The maximum Gasteiger partial charge on any atom is 0.266 e. The Kier molecular flexibility index (Phi) is 7.55. The lowest BCUT2D eigenvalue weighted by Crippen LogP contribution is -2.13. The molecule has 0 aliphatic rings. The number of ether oxygens (including phenoxy) is 2. The predicted octanol–water partition coefficient (Wildman–Crippen LogP) is 6.13. The minimum atomic E-state index is -0.505. The lowest BCUT2D eigenvalue weighted by Gasteiger charge is -2.13. The molecule has 0 aromatic heterocycles. The summed E-state index contributed by atoms with van der Waals surface area (Å²) in [6.45, 7) is 0.127. The molecule has 0 atom stereocenters. The topological polar surface area (TPSA) is 71.3 Å². The molecule has 0 unspecified atom stereocenters. The predicted molar refractivity (Wildman–Crippen MR) is 122 cm³/mol. The van der Waals surface area contributed by atoms with Gasteiger partial charge in [0.25, 0.3) is 5.91 Å². The molecule has 0 aliphatic carbocycles. The SMILES string of the molecule is COc1ccc(/C=C(\C#N)C(=O)Nc2ccccc2)cc1OCc1c(Cl)cccc1Cl. The minimum Gasteiger partial charge on any atom is -0.493 e. The van der Waals surface area contributed by atoms with Gasteiger partial charge < -0.3 is 14.8 Å². The van der Waals surface area contributed by atoms with E-state index < -0.39 is 5.91 Å². The molecule has 0 saturated heterocycles. The highest BCUT2D eigenvalue weighted by molar-refractivity contribution is 6.35. The number of nitrogens with one attached hydrogen (secondary N) is 1. The summed E-state index contributed by atoms with van der Waals surface area (Å²) in [7, 11) is 1.52. The highest BCUT2D eigenvalue weighted by Crippen LogP contribution is 2.32. The zero-order valence-electron chi connectivity index (χ0n) is 16.6. The first kappa shape index (κ1) is 22.2. The third-order valence-corrected chi connectivity index (χ3v) is 5.04. The number of methoxy groups -OCH3 is 1. The van der Waals surface area contributed by atoms with Crippen molar-refractivity contribution in [1.82, 2.24) is 0 Å². The molecule has 0 aliphatic heterocycles. The lowest BCUT2D eigenvalue weighted by atomic mass is 10.1. The van der Waals surface area contributed by atoms with Crippen molar-refractivity contribution in [3.63, 3.8) is 0 Å². The molecule has 0 saturated carbocycles. The number of carbonyl (C=O) groups excluding carboxylic acids is 1. The van der Waals surface area contributed by atoms with E-state index in [0.717, 1.165) is 0 Å². The Morgan fingerprint density at radius 3 is 2.39 bits per heavy atom. The van der Waals surface area contributed by atoms with Crippen LogP contribution in [0.3, 0.4) is 0 Å². The van der Waals surface area contributed by atoms with Crippen LogP contribution >= 0.6 is 23.2 Å². The summed E-state index contributed by atoms with van der Waals surface area (Å²) in [5.74, 6) is 0.412. The Bertz CT molecular complexity index is 1130. The van der Waals surface area contributed by atoms with Crippen molar-refractivity contribution < 1.29 is 14.3 Å². The first-order valence-corrected chi connectivity index (χ1v) is 9.99. The van der Waals surface area contributed by atoms with Crippen molar-refractivity contribution in [3.05, 3.63) is 93.5 Å². The van der Waals surface area contributed by atoms with Gasteiger partial charge in [0.2, 0.25) is 0 Å². The molecule has 7 heteroatoms. The number of rotatable bonds is 7. The lowest BCUT2D eigenvalue weighted by molar-refractivity contribution is -0.112. The average Bonchev–Trinajstić information content (AvgIpc) is 2.78. The smallest absolute Gasteiger partial charge is 0.266 e. The van der Waals surface area contributed by atoms with Gasteiger partial charge in [0.05, 0.1) is 7.11 Å². The van der Waals surface area contributed by atoms with Crippen molar-refractivity contribution >= 4 is 40.9 Å². The number of hydrogen-bond acceptors (Lipinski definition) is 4. The number of nitrogens with zero attached hydrogens (tertiary/aromatic N) is 1. The van der Waals surface area contributed by atoms with Crippen LogP contribution in [0.15, 0.2) is 72.3 Å². The van der Waals surface area contributed by atoms with Crippen LogP contribution in [0.25, 0.3) is 6.08 Å². The van der Waals surface area contributed by atoms with Crippen LogP contribution < -0.4 is 14.8 Å². The van der Waals surface area contributed by atoms with E-state index in [4.69, 9.17) is 32.7 Å². The van der Waals surface area contributed by atoms with E-state index in [-0.39, 0.29) is 12.2 Å². The van der Waals surface area contributed by atoms with Crippen LogP contribution in [-0.4, -0.2) is 13.0 Å². The van der Waals surface area contributed by atoms with E-state index in [0.29, 0.717) is 38.4 Å². The van der Waals surface area contributed by atoms with E-state index in [2.05, 4.69) is 5.32 Å². The first-order valence-electron chi connectivity index (χ1n) is 9.23. The summed E-state index contributed by atoms with van der Waals surface area (Å²) in [4.78, 5) is 12.5. The van der Waals surface area contributed by atoms with E-state index in [1.54, 1.807) is 60.7 Å². The summed E-state index contributed by atoms with van der Waals surface area (Å²) in [6, 6.07) is 21.2. The van der Waals surface area contributed by atoms with Gasteiger partial charge in [-0.1, -0.05) is 53.5 Å². The minimum absolute atomic E-state index is 0.0471. The van der Waals surface area contributed by atoms with Gasteiger partial charge in [-0.3, -0.25) is 4.79 Å². The molecular formula is C24H18Cl2N2O3. The fourth-order valence-electron chi connectivity index (χ4n) is 2.75. The fourth-order valence-corrected chi connectivity index (χ4v) is 3.26. The molecule has 31 heavy (non-hydrogen) atoms. The third-order valence-electron chi connectivity index (χ3n) is 4.33. The molecule has 0 bridgehead atoms. The Hall–Kier alpha value is -3.46. The van der Waals surface area contributed by atoms with Crippen molar-refractivity contribution in [2.75, 3.05) is 12.4 Å². The van der Waals surface area contributed by atoms with E-state index in [9.17, 15) is 10.1 Å². The van der Waals surface area contributed by atoms with Crippen LogP contribution in [0, 0.1) is 11.3 Å². The summed E-state index contributed by atoms with van der Waals surface area (Å²) < 4.78 is 11.2. The van der Waals surface area contributed by atoms with E-state index in [1.807, 2.05) is 12.1 Å². The van der Waals surface area contributed by atoms with Gasteiger partial charge in [0, 0.05) is 21.3 Å². The number of benzene rings is 3. The second kappa shape index (κ2) is 10.5. The van der Waals surface area contributed by atoms with Crippen molar-refractivity contribution in [1.29, 1.82) is 5.26 Å². The molecule has 3 aromatic carbocycles. The van der Waals surface area contributed by atoms with E-state index >= 15 is 0 Å². The number of para-hydroxylation sites is 1. The number of nitriles is 1. The Labute approximate surface area is 190 Å². The number of hydrogen-bond donors (Lipinski definition) is 1. The standard InChI is InChI=1S/C24H18Cl2N2O3/c1-30-22-11-10-16(12-17(14-27)24(29)28-18-6-3-2-4-7-18)13-23(22)31-15-19-20(25)8-5-9-21(19)26/h2-13H,15H2,1H3,(H,28,29)/b17-12+. The Morgan fingerprint density at radius 1 is 1.03 bits per heavy atom.